The van der Waals surface area contributed by atoms with Gasteiger partial charge in [-0.25, -0.2) is 0 Å². The van der Waals surface area contributed by atoms with Crippen molar-refractivity contribution < 1.29 is 9.90 Å². The van der Waals surface area contributed by atoms with E-state index < -0.39 is 0 Å². The van der Waals surface area contributed by atoms with Gasteiger partial charge in [0.25, 0.3) is 0 Å². The summed E-state index contributed by atoms with van der Waals surface area (Å²) < 4.78 is 0. The van der Waals surface area contributed by atoms with Gasteiger partial charge in [-0.2, -0.15) is 0 Å². The first kappa shape index (κ1) is 12.8. The molecule has 1 aliphatic carbocycles. The van der Waals surface area contributed by atoms with E-state index in [1.165, 1.54) is 6.42 Å². The fourth-order valence-electron chi connectivity index (χ4n) is 2.81. The van der Waals surface area contributed by atoms with E-state index in [0.29, 0.717) is 12.3 Å². The number of hydrogen-bond donors (Lipinski definition) is 3. The van der Waals surface area contributed by atoms with Crippen LogP contribution in [0.2, 0.25) is 0 Å². The number of aliphatic hydroxyl groups excluding tert-OH is 1. The molecule has 0 spiro atoms. The minimum atomic E-state index is -0.256. The molecule has 2 fully saturated rings. The molecule has 0 aromatic carbocycles. The van der Waals surface area contributed by atoms with E-state index in [2.05, 4.69) is 17.6 Å². The summed E-state index contributed by atoms with van der Waals surface area (Å²) in [6.07, 6.45) is 5.70. The third kappa shape index (κ3) is 3.42. The van der Waals surface area contributed by atoms with E-state index in [-0.39, 0.29) is 24.1 Å². The predicted molar refractivity (Wildman–Crippen MR) is 66.6 cm³/mol. The number of carbonyl (C=O) groups is 1. The molecule has 3 N–H and O–H groups in total. The van der Waals surface area contributed by atoms with Gasteiger partial charge < -0.3 is 15.7 Å². The molecule has 98 valence electrons. The molecule has 2 aliphatic rings. The fraction of sp³-hybridized carbons (Fsp3) is 0.923. The van der Waals surface area contributed by atoms with Gasteiger partial charge in [0.15, 0.2) is 0 Å². The zero-order valence-corrected chi connectivity index (χ0v) is 10.6. The first-order valence-corrected chi connectivity index (χ1v) is 6.88. The molecular formula is C13H24N2O2. The molecule has 1 saturated heterocycles. The van der Waals surface area contributed by atoms with Gasteiger partial charge in [0.1, 0.15) is 0 Å². The summed E-state index contributed by atoms with van der Waals surface area (Å²) in [6.45, 7) is 3.02. The Bertz CT molecular complexity index is 264. The summed E-state index contributed by atoms with van der Waals surface area (Å²) in [5.74, 6) is 0.493. The molecule has 0 aromatic rings. The number of piperidine rings is 1. The molecule has 17 heavy (non-hydrogen) atoms. The molecular weight excluding hydrogens is 216 g/mol. The van der Waals surface area contributed by atoms with Crippen molar-refractivity contribution >= 4 is 5.91 Å². The molecule has 2 rings (SSSR count). The van der Waals surface area contributed by atoms with Gasteiger partial charge in [-0.15, -0.1) is 0 Å². The third-order valence-corrected chi connectivity index (χ3v) is 4.13. The molecule has 1 aliphatic heterocycles. The molecule has 1 heterocycles. The molecule has 1 amide bonds. The average Bonchev–Trinajstić information content (AvgIpc) is 2.35. The Morgan fingerprint density at radius 3 is 2.76 bits per heavy atom. The number of amides is 1. The zero-order chi connectivity index (χ0) is 12.3. The van der Waals surface area contributed by atoms with Crippen LogP contribution in [0.25, 0.3) is 0 Å². The van der Waals surface area contributed by atoms with E-state index in [1.54, 1.807) is 0 Å². The molecule has 0 bridgehead atoms. The summed E-state index contributed by atoms with van der Waals surface area (Å²) >= 11 is 0. The Morgan fingerprint density at radius 1 is 1.29 bits per heavy atom. The lowest BCUT2D eigenvalue weighted by Gasteiger charge is -2.33. The molecule has 0 radical (unpaired) electrons. The largest absolute Gasteiger partial charge is 0.393 e. The maximum Gasteiger partial charge on any atom is 0.237 e. The Hall–Kier alpha value is -0.610. The van der Waals surface area contributed by atoms with Crippen LogP contribution in [0.4, 0.5) is 0 Å². The maximum atomic E-state index is 12.0. The second kappa shape index (κ2) is 5.83. The first-order chi connectivity index (χ1) is 8.16. The molecule has 4 atom stereocenters. The van der Waals surface area contributed by atoms with E-state index in [4.69, 9.17) is 0 Å². The summed E-state index contributed by atoms with van der Waals surface area (Å²) in [7, 11) is 0. The molecule has 4 nitrogen and oxygen atoms in total. The highest BCUT2D eigenvalue weighted by atomic mass is 16.3. The van der Waals surface area contributed by atoms with Crippen LogP contribution < -0.4 is 10.6 Å². The summed E-state index contributed by atoms with van der Waals surface area (Å²) in [5, 5.41) is 16.1. The summed E-state index contributed by atoms with van der Waals surface area (Å²) in [4.78, 5) is 12.0. The highest BCUT2D eigenvalue weighted by Gasteiger charge is 2.29. The third-order valence-electron chi connectivity index (χ3n) is 4.13. The van der Waals surface area contributed by atoms with Gasteiger partial charge in [0, 0.05) is 6.04 Å². The number of nitrogens with one attached hydrogen (secondary N) is 2. The van der Waals surface area contributed by atoms with Crippen molar-refractivity contribution in [2.45, 2.75) is 63.6 Å². The van der Waals surface area contributed by atoms with E-state index in [1.807, 2.05) is 0 Å². The van der Waals surface area contributed by atoms with Crippen LogP contribution in [0.1, 0.15) is 45.4 Å². The molecule has 4 heteroatoms. The van der Waals surface area contributed by atoms with Gasteiger partial charge in [-0.3, -0.25) is 4.79 Å². The lowest BCUT2D eigenvalue weighted by Crippen LogP contribution is -2.51. The number of aliphatic hydroxyl groups is 1. The van der Waals surface area contributed by atoms with E-state index in [0.717, 1.165) is 32.2 Å². The van der Waals surface area contributed by atoms with Crippen LogP contribution in [-0.2, 0) is 4.79 Å². The summed E-state index contributed by atoms with van der Waals surface area (Å²) in [6, 6.07) is 0.151. The van der Waals surface area contributed by atoms with Crippen molar-refractivity contribution in [2.75, 3.05) is 6.54 Å². The van der Waals surface area contributed by atoms with Crippen molar-refractivity contribution in [2.24, 2.45) is 5.92 Å². The average molecular weight is 240 g/mol. The standard InChI is InChI=1S/C13H24N2O2/c1-9-5-6-10(8-12(9)16)15-13(17)11-4-2-3-7-14-11/h9-12,14,16H,2-8H2,1H3,(H,15,17)/t9-,10-,11?,12-/m0/s1. The SMILES string of the molecule is C[C@H]1CC[C@H](NC(=O)C2CCCCN2)C[C@@H]1O. The second-order valence-corrected chi connectivity index (χ2v) is 5.57. The highest BCUT2D eigenvalue weighted by Crippen LogP contribution is 2.24. The number of rotatable bonds is 2. The van der Waals surface area contributed by atoms with Crippen LogP contribution in [0.15, 0.2) is 0 Å². The minimum absolute atomic E-state index is 0.0137. The van der Waals surface area contributed by atoms with Gasteiger partial charge >= 0.3 is 0 Å². The highest BCUT2D eigenvalue weighted by molar-refractivity contribution is 5.82. The van der Waals surface area contributed by atoms with E-state index in [9.17, 15) is 9.90 Å². The fourth-order valence-corrected chi connectivity index (χ4v) is 2.81. The molecule has 1 saturated carbocycles. The maximum absolute atomic E-state index is 12.0. The normalized spacial score (nSPS) is 38.7. The Morgan fingerprint density at radius 2 is 2.12 bits per heavy atom. The molecule has 1 unspecified atom stereocenters. The number of hydrogen-bond acceptors (Lipinski definition) is 3. The van der Waals surface area contributed by atoms with Crippen molar-refractivity contribution in [3.8, 4) is 0 Å². The van der Waals surface area contributed by atoms with Crippen molar-refractivity contribution in [3.05, 3.63) is 0 Å². The minimum Gasteiger partial charge on any atom is -0.393 e. The zero-order valence-electron chi connectivity index (χ0n) is 10.6. The topological polar surface area (TPSA) is 61.4 Å². The van der Waals surface area contributed by atoms with Crippen molar-refractivity contribution in [1.82, 2.24) is 10.6 Å². The van der Waals surface area contributed by atoms with Crippen molar-refractivity contribution in [1.29, 1.82) is 0 Å². The summed E-state index contributed by atoms with van der Waals surface area (Å²) in [5.41, 5.74) is 0. The number of carbonyl (C=O) groups excluding carboxylic acids is 1. The smallest absolute Gasteiger partial charge is 0.237 e. The first-order valence-electron chi connectivity index (χ1n) is 6.88. The Balaban J connectivity index is 1.78. The van der Waals surface area contributed by atoms with Crippen LogP contribution in [0.5, 0.6) is 0 Å². The van der Waals surface area contributed by atoms with Crippen LogP contribution in [0, 0.1) is 5.92 Å². The van der Waals surface area contributed by atoms with Crippen LogP contribution >= 0.6 is 0 Å². The predicted octanol–water partition coefficient (Wildman–Crippen LogP) is 0.794. The lowest BCUT2D eigenvalue weighted by molar-refractivity contribution is -0.125. The van der Waals surface area contributed by atoms with Crippen LogP contribution in [0.3, 0.4) is 0 Å². The van der Waals surface area contributed by atoms with Gasteiger partial charge in [-0.1, -0.05) is 13.3 Å². The van der Waals surface area contributed by atoms with Crippen LogP contribution in [-0.4, -0.2) is 35.7 Å². The van der Waals surface area contributed by atoms with Gasteiger partial charge in [0.2, 0.25) is 5.91 Å². The quantitative estimate of drug-likeness (QED) is 0.669. The van der Waals surface area contributed by atoms with Gasteiger partial charge in [-0.05, 0) is 44.6 Å². The Kier molecular flexibility index (Phi) is 4.40. The Labute approximate surface area is 103 Å². The van der Waals surface area contributed by atoms with E-state index >= 15 is 0 Å². The van der Waals surface area contributed by atoms with Gasteiger partial charge in [0.05, 0.1) is 12.1 Å². The monoisotopic (exact) mass is 240 g/mol. The van der Waals surface area contributed by atoms with Crippen molar-refractivity contribution in [3.63, 3.8) is 0 Å². The second-order valence-electron chi connectivity index (χ2n) is 5.57. The molecule has 0 aromatic heterocycles. The lowest BCUT2D eigenvalue weighted by atomic mass is 9.84.